The number of benzene rings is 1. The van der Waals surface area contributed by atoms with Gasteiger partial charge in [0.1, 0.15) is 4.47 Å². The van der Waals surface area contributed by atoms with Crippen LogP contribution >= 0.6 is 15.9 Å². The third kappa shape index (κ3) is 2.85. The van der Waals surface area contributed by atoms with Crippen molar-refractivity contribution in [1.29, 1.82) is 0 Å². The van der Waals surface area contributed by atoms with E-state index in [0.717, 1.165) is 5.56 Å². The van der Waals surface area contributed by atoms with Crippen LogP contribution in [-0.2, 0) is 0 Å². The van der Waals surface area contributed by atoms with Crippen molar-refractivity contribution in [2.24, 2.45) is 0 Å². The maximum atomic E-state index is 12.0. The summed E-state index contributed by atoms with van der Waals surface area (Å²) in [6.45, 7) is 1.82. The number of halogens is 1. The number of nitrogens with one attached hydrogen (secondary N) is 2. The highest BCUT2D eigenvalue weighted by molar-refractivity contribution is 9.10. The predicted octanol–water partition coefficient (Wildman–Crippen LogP) is 2.57. The quantitative estimate of drug-likeness (QED) is 0.660. The van der Waals surface area contributed by atoms with Gasteiger partial charge < -0.3 is 15.4 Å². The highest BCUT2D eigenvalue weighted by atomic mass is 79.9. The summed E-state index contributed by atoms with van der Waals surface area (Å²) in [5.41, 5.74) is 0.890. The number of amides is 1. The Morgan fingerprint density at radius 3 is 2.65 bits per heavy atom. The molecule has 0 spiro atoms. The molecular weight excluding hydrogens is 328 g/mol. The van der Waals surface area contributed by atoms with Gasteiger partial charge in [-0.05, 0) is 33.3 Å². The fourth-order valence-electron chi connectivity index (χ4n) is 1.68. The highest BCUT2D eigenvalue weighted by Crippen LogP contribution is 2.25. The SMILES string of the molecule is CC(NC(=O)c1n[nH]c([N+](=O)[O-])c1Br)c1ccccc1. The van der Waals surface area contributed by atoms with Gasteiger partial charge in [-0.15, -0.1) is 5.10 Å². The number of nitro groups is 1. The Labute approximate surface area is 122 Å². The zero-order chi connectivity index (χ0) is 14.7. The van der Waals surface area contributed by atoms with E-state index in [2.05, 4.69) is 31.4 Å². The van der Waals surface area contributed by atoms with Gasteiger partial charge in [-0.1, -0.05) is 35.4 Å². The summed E-state index contributed by atoms with van der Waals surface area (Å²) in [6.07, 6.45) is 0. The van der Waals surface area contributed by atoms with Crippen LogP contribution in [0.5, 0.6) is 0 Å². The van der Waals surface area contributed by atoms with E-state index < -0.39 is 10.8 Å². The Morgan fingerprint density at radius 1 is 1.45 bits per heavy atom. The first kappa shape index (κ1) is 14.2. The van der Waals surface area contributed by atoms with Crippen LogP contribution in [0.1, 0.15) is 29.0 Å². The first-order valence-corrected chi connectivity index (χ1v) is 6.54. The van der Waals surface area contributed by atoms with Crippen molar-refractivity contribution in [3.63, 3.8) is 0 Å². The van der Waals surface area contributed by atoms with Crippen molar-refractivity contribution in [1.82, 2.24) is 15.5 Å². The second-order valence-corrected chi connectivity index (χ2v) is 4.89. The fourth-order valence-corrected chi connectivity index (χ4v) is 2.18. The zero-order valence-corrected chi connectivity index (χ0v) is 12.0. The molecule has 0 aliphatic rings. The molecule has 1 unspecified atom stereocenters. The number of rotatable bonds is 4. The average molecular weight is 339 g/mol. The summed E-state index contributed by atoms with van der Waals surface area (Å²) in [5.74, 6) is -0.833. The van der Waals surface area contributed by atoms with Crippen LogP contribution in [0.15, 0.2) is 34.8 Å². The molecule has 8 heteroatoms. The van der Waals surface area contributed by atoms with Crippen molar-refractivity contribution in [2.75, 3.05) is 0 Å². The molecule has 0 aliphatic heterocycles. The molecule has 0 bridgehead atoms. The van der Waals surface area contributed by atoms with E-state index in [-0.39, 0.29) is 22.0 Å². The smallest absolute Gasteiger partial charge is 0.357 e. The van der Waals surface area contributed by atoms with Gasteiger partial charge in [-0.2, -0.15) is 0 Å². The van der Waals surface area contributed by atoms with Crippen LogP contribution in [0.3, 0.4) is 0 Å². The zero-order valence-electron chi connectivity index (χ0n) is 10.5. The van der Waals surface area contributed by atoms with Crippen molar-refractivity contribution < 1.29 is 9.72 Å². The lowest BCUT2D eigenvalue weighted by Gasteiger charge is -2.12. The lowest BCUT2D eigenvalue weighted by molar-refractivity contribution is -0.390. The third-order valence-electron chi connectivity index (χ3n) is 2.73. The molecule has 0 saturated heterocycles. The summed E-state index contributed by atoms with van der Waals surface area (Å²) >= 11 is 3.00. The Balaban J connectivity index is 2.15. The van der Waals surface area contributed by atoms with Crippen molar-refractivity contribution >= 4 is 27.7 Å². The number of hydrogen-bond donors (Lipinski definition) is 2. The standard InChI is InChI=1S/C12H11BrN4O3/c1-7(8-5-3-2-4-6-8)14-12(18)10-9(13)11(16-15-10)17(19)20/h2-7H,1H3,(H,14,18)(H,15,16). The molecule has 1 heterocycles. The van der Waals surface area contributed by atoms with E-state index in [1.54, 1.807) is 0 Å². The molecule has 1 aromatic heterocycles. The Kier molecular flexibility index (Phi) is 4.14. The van der Waals surface area contributed by atoms with Gasteiger partial charge in [-0.25, -0.2) is 0 Å². The molecule has 1 aromatic carbocycles. The molecule has 0 aliphatic carbocycles. The van der Waals surface area contributed by atoms with Gasteiger partial charge in [0.15, 0.2) is 5.69 Å². The lowest BCUT2D eigenvalue weighted by Crippen LogP contribution is -2.27. The van der Waals surface area contributed by atoms with Gasteiger partial charge in [-0.3, -0.25) is 4.79 Å². The Hall–Kier alpha value is -2.22. The molecule has 0 fully saturated rings. The third-order valence-corrected chi connectivity index (χ3v) is 3.49. The summed E-state index contributed by atoms with van der Waals surface area (Å²) in [6, 6.07) is 9.15. The molecule has 0 radical (unpaired) electrons. The first-order chi connectivity index (χ1) is 9.50. The van der Waals surface area contributed by atoms with Crippen LogP contribution in [0.4, 0.5) is 5.82 Å². The number of aromatic nitrogens is 2. The molecule has 2 aromatic rings. The van der Waals surface area contributed by atoms with Gasteiger partial charge in [0.05, 0.1) is 6.04 Å². The van der Waals surface area contributed by atoms with Gasteiger partial charge >= 0.3 is 5.82 Å². The number of H-pyrrole nitrogens is 1. The minimum atomic E-state index is -0.644. The van der Waals surface area contributed by atoms with E-state index in [4.69, 9.17) is 0 Å². The molecule has 2 N–H and O–H groups in total. The Morgan fingerprint density at radius 2 is 2.10 bits per heavy atom. The molecule has 20 heavy (non-hydrogen) atoms. The Bertz CT molecular complexity index is 641. The van der Waals surface area contributed by atoms with Crippen molar-refractivity contribution in [2.45, 2.75) is 13.0 Å². The van der Waals surface area contributed by atoms with Gasteiger partial charge in [0.2, 0.25) is 0 Å². The van der Waals surface area contributed by atoms with E-state index in [1.165, 1.54) is 0 Å². The molecular formula is C12H11BrN4O3. The summed E-state index contributed by atoms with van der Waals surface area (Å²) in [4.78, 5) is 22.1. The fraction of sp³-hybridized carbons (Fsp3) is 0.167. The molecule has 2 rings (SSSR count). The maximum absolute atomic E-state index is 12.0. The van der Waals surface area contributed by atoms with Crippen LogP contribution in [0.25, 0.3) is 0 Å². The van der Waals surface area contributed by atoms with Gasteiger partial charge in [0.25, 0.3) is 5.91 Å². The van der Waals surface area contributed by atoms with Crippen LogP contribution in [-0.4, -0.2) is 21.0 Å². The summed E-state index contributed by atoms with van der Waals surface area (Å²) in [5, 5.41) is 19.3. The van der Waals surface area contributed by atoms with Crippen molar-refractivity contribution in [3.8, 4) is 0 Å². The molecule has 7 nitrogen and oxygen atoms in total. The van der Waals surface area contributed by atoms with Crippen molar-refractivity contribution in [3.05, 3.63) is 56.2 Å². The number of nitrogens with zero attached hydrogens (tertiary/aromatic N) is 2. The molecule has 1 atom stereocenters. The monoisotopic (exact) mass is 338 g/mol. The molecule has 1 amide bonds. The average Bonchev–Trinajstić information content (AvgIpc) is 2.81. The number of carbonyl (C=O) groups excluding carboxylic acids is 1. The maximum Gasteiger partial charge on any atom is 0.357 e. The second-order valence-electron chi connectivity index (χ2n) is 4.10. The largest absolute Gasteiger partial charge is 0.358 e. The second kappa shape index (κ2) is 5.83. The summed E-state index contributed by atoms with van der Waals surface area (Å²) in [7, 11) is 0. The normalized spacial score (nSPS) is 11.9. The summed E-state index contributed by atoms with van der Waals surface area (Å²) < 4.78 is 0.0419. The number of carbonyl (C=O) groups is 1. The highest BCUT2D eigenvalue weighted by Gasteiger charge is 2.25. The van der Waals surface area contributed by atoms with E-state index in [0.29, 0.717) is 0 Å². The molecule has 0 saturated carbocycles. The first-order valence-electron chi connectivity index (χ1n) is 5.74. The van der Waals surface area contributed by atoms with Crippen LogP contribution in [0, 0.1) is 10.1 Å². The van der Waals surface area contributed by atoms with E-state index in [9.17, 15) is 14.9 Å². The lowest BCUT2D eigenvalue weighted by atomic mass is 10.1. The minimum Gasteiger partial charge on any atom is -0.358 e. The van der Waals surface area contributed by atoms with E-state index >= 15 is 0 Å². The van der Waals surface area contributed by atoms with Crippen LogP contribution < -0.4 is 5.32 Å². The minimum absolute atomic E-state index is 0.0419. The topological polar surface area (TPSA) is 101 Å². The predicted molar refractivity (Wildman–Crippen MR) is 75.3 cm³/mol. The van der Waals surface area contributed by atoms with Crippen LogP contribution in [0.2, 0.25) is 0 Å². The van der Waals surface area contributed by atoms with E-state index in [1.807, 2.05) is 37.3 Å². The molecule has 104 valence electrons. The number of hydrogen-bond acceptors (Lipinski definition) is 4. The number of aromatic amines is 1. The van der Waals surface area contributed by atoms with Gasteiger partial charge in [0, 0.05) is 0 Å².